The molecular weight excluding hydrogens is 334 g/mol. The van der Waals surface area contributed by atoms with Gasteiger partial charge in [0.05, 0.1) is 11.3 Å². The normalized spacial score (nSPS) is 11.1. The highest BCUT2D eigenvalue weighted by Gasteiger charge is 2.07. The van der Waals surface area contributed by atoms with Gasteiger partial charge < -0.3 is 5.32 Å². The molecule has 2 amide bonds. The zero-order valence-corrected chi connectivity index (χ0v) is 14.1. The number of thiophene rings is 1. The molecule has 2 N–H and O–H groups in total. The van der Waals surface area contributed by atoms with Crippen molar-refractivity contribution < 1.29 is 9.59 Å². The molecule has 7 heteroatoms. The van der Waals surface area contributed by atoms with Gasteiger partial charge in [0.1, 0.15) is 0 Å². The Morgan fingerprint density at radius 1 is 1.22 bits per heavy atom. The standard InChI is InChI=1S/C16H16ClN3O2S/c1-11(19-20-16(22)14-3-2-8-23-14)9-15(21)18-10-12-4-6-13(17)7-5-12/h2-8H,9-10H2,1H3,(H,18,21)(H,20,22)/b19-11+. The number of hydrogen-bond donors (Lipinski definition) is 2. The van der Waals surface area contributed by atoms with E-state index in [0.717, 1.165) is 5.56 Å². The van der Waals surface area contributed by atoms with Crippen molar-refractivity contribution in [3.05, 3.63) is 57.2 Å². The minimum atomic E-state index is -0.277. The Morgan fingerprint density at radius 2 is 1.96 bits per heavy atom. The van der Waals surface area contributed by atoms with Crippen molar-refractivity contribution in [3.8, 4) is 0 Å². The van der Waals surface area contributed by atoms with Crippen molar-refractivity contribution in [2.24, 2.45) is 5.10 Å². The van der Waals surface area contributed by atoms with Gasteiger partial charge in [-0.05, 0) is 36.1 Å². The topological polar surface area (TPSA) is 70.6 Å². The average molecular weight is 350 g/mol. The average Bonchev–Trinajstić information content (AvgIpc) is 3.06. The molecule has 0 aliphatic heterocycles. The number of nitrogens with one attached hydrogen (secondary N) is 2. The number of rotatable bonds is 6. The summed E-state index contributed by atoms with van der Waals surface area (Å²) in [6, 6.07) is 10.8. The number of halogens is 1. The van der Waals surface area contributed by atoms with E-state index in [1.807, 2.05) is 17.5 Å². The number of amides is 2. The Bertz CT molecular complexity index is 697. The quantitative estimate of drug-likeness (QED) is 0.621. The summed E-state index contributed by atoms with van der Waals surface area (Å²) < 4.78 is 0. The fourth-order valence-electron chi connectivity index (χ4n) is 1.75. The first-order chi connectivity index (χ1) is 11.0. The second-order valence-electron chi connectivity index (χ2n) is 4.85. The molecule has 0 saturated carbocycles. The zero-order valence-electron chi connectivity index (χ0n) is 12.5. The lowest BCUT2D eigenvalue weighted by molar-refractivity contribution is -0.120. The highest BCUT2D eigenvalue weighted by atomic mass is 35.5. The smallest absolute Gasteiger partial charge is 0.281 e. The molecule has 0 unspecified atom stereocenters. The van der Waals surface area contributed by atoms with Gasteiger partial charge in [-0.25, -0.2) is 5.43 Å². The molecule has 5 nitrogen and oxygen atoms in total. The number of benzene rings is 1. The first-order valence-corrected chi connectivity index (χ1v) is 8.18. The number of hydrogen-bond acceptors (Lipinski definition) is 4. The summed E-state index contributed by atoms with van der Waals surface area (Å²) in [5, 5.41) is 9.20. The predicted molar refractivity (Wildman–Crippen MR) is 92.8 cm³/mol. The first kappa shape index (κ1) is 17.2. The van der Waals surface area contributed by atoms with E-state index in [2.05, 4.69) is 15.8 Å². The Morgan fingerprint density at radius 3 is 2.61 bits per heavy atom. The minimum Gasteiger partial charge on any atom is -0.352 e. The van der Waals surface area contributed by atoms with Gasteiger partial charge >= 0.3 is 0 Å². The number of nitrogens with zero attached hydrogens (tertiary/aromatic N) is 1. The van der Waals surface area contributed by atoms with Crippen molar-refractivity contribution in [2.75, 3.05) is 0 Å². The summed E-state index contributed by atoms with van der Waals surface area (Å²) in [7, 11) is 0. The maximum absolute atomic E-state index is 11.8. The molecule has 0 aliphatic rings. The van der Waals surface area contributed by atoms with E-state index in [4.69, 9.17) is 11.6 Å². The molecule has 1 heterocycles. The Labute approximate surface area is 143 Å². The summed E-state index contributed by atoms with van der Waals surface area (Å²) in [6.45, 7) is 2.11. The lowest BCUT2D eigenvalue weighted by Gasteiger charge is -2.05. The van der Waals surface area contributed by atoms with E-state index in [-0.39, 0.29) is 18.2 Å². The highest BCUT2D eigenvalue weighted by molar-refractivity contribution is 7.12. The summed E-state index contributed by atoms with van der Waals surface area (Å²) in [5.74, 6) is -0.438. The molecule has 1 aromatic carbocycles. The fourth-order valence-corrected chi connectivity index (χ4v) is 2.49. The van der Waals surface area contributed by atoms with Crippen LogP contribution in [0.4, 0.5) is 0 Å². The minimum absolute atomic E-state index is 0.123. The molecule has 23 heavy (non-hydrogen) atoms. The highest BCUT2D eigenvalue weighted by Crippen LogP contribution is 2.09. The number of hydrazone groups is 1. The van der Waals surface area contributed by atoms with E-state index in [9.17, 15) is 9.59 Å². The molecule has 0 atom stereocenters. The molecule has 0 aliphatic carbocycles. The third-order valence-electron chi connectivity index (χ3n) is 2.91. The molecule has 0 bridgehead atoms. The molecule has 0 radical (unpaired) electrons. The van der Waals surface area contributed by atoms with E-state index in [0.29, 0.717) is 22.2 Å². The largest absolute Gasteiger partial charge is 0.352 e. The van der Waals surface area contributed by atoms with Gasteiger partial charge in [-0.3, -0.25) is 9.59 Å². The van der Waals surface area contributed by atoms with Gasteiger partial charge in [0.2, 0.25) is 5.91 Å². The molecule has 120 valence electrons. The second-order valence-corrected chi connectivity index (χ2v) is 6.23. The zero-order chi connectivity index (χ0) is 16.7. The predicted octanol–water partition coefficient (Wildman–Crippen LogP) is 3.21. The first-order valence-electron chi connectivity index (χ1n) is 6.93. The van der Waals surface area contributed by atoms with Crippen LogP contribution in [-0.4, -0.2) is 17.5 Å². The second kappa shape index (κ2) is 8.45. The van der Waals surface area contributed by atoms with Crippen LogP contribution in [0.15, 0.2) is 46.9 Å². The van der Waals surface area contributed by atoms with E-state index in [1.54, 1.807) is 31.2 Å². The van der Waals surface area contributed by atoms with Crippen molar-refractivity contribution in [3.63, 3.8) is 0 Å². The molecule has 0 saturated heterocycles. The van der Waals surface area contributed by atoms with Crippen LogP contribution in [0.1, 0.15) is 28.6 Å². The summed E-state index contributed by atoms with van der Waals surface area (Å²) in [6.07, 6.45) is 0.123. The van der Waals surface area contributed by atoms with E-state index < -0.39 is 0 Å². The summed E-state index contributed by atoms with van der Waals surface area (Å²) in [4.78, 5) is 24.1. The lowest BCUT2D eigenvalue weighted by atomic mass is 10.2. The van der Waals surface area contributed by atoms with Crippen LogP contribution >= 0.6 is 22.9 Å². The summed E-state index contributed by atoms with van der Waals surface area (Å²) >= 11 is 7.14. The molecule has 0 fully saturated rings. The van der Waals surface area contributed by atoms with E-state index in [1.165, 1.54) is 11.3 Å². The van der Waals surface area contributed by atoms with Crippen LogP contribution in [0.25, 0.3) is 0 Å². The number of carbonyl (C=O) groups is 2. The molecule has 0 spiro atoms. The van der Waals surface area contributed by atoms with Crippen LogP contribution in [0.5, 0.6) is 0 Å². The lowest BCUT2D eigenvalue weighted by Crippen LogP contribution is -2.26. The van der Waals surface area contributed by atoms with Gasteiger partial charge in [0, 0.05) is 17.3 Å². The third-order valence-corrected chi connectivity index (χ3v) is 4.03. The van der Waals surface area contributed by atoms with Crippen LogP contribution in [-0.2, 0) is 11.3 Å². The maximum atomic E-state index is 11.8. The van der Waals surface area contributed by atoms with Crippen LogP contribution in [0.3, 0.4) is 0 Å². The Hall–Kier alpha value is -2.18. The van der Waals surface area contributed by atoms with Gasteiger partial charge in [-0.1, -0.05) is 29.8 Å². The van der Waals surface area contributed by atoms with Gasteiger partial charge in [-0.2, -0.15) is 5.10 Å². The molecule has 2 rings (SSSR count). The van der Waals surface area contributed by atoms with Crippen LogP contribution in [0, 0.1) is 0 Å². The third kappa shape index (κ3) is 5.84. The van der Waals surface area contributed by atoms with Crippen molar-refractivity contribution in [1.29, 1.82) is 0 Å². The van der Waals surface area contributed by atoms with Crippen molar-refractivity contribution >= 4 is 40.5 Å². The molecular formula is C16H16ClN3O2S. The molecule has 2 aromatic rings. The van der Waals surface area contributed by atoms with Gasteiger partial charge in [0.15, 0.2) is 0 Å². The Kier molecular flexibility index (Phi) is 6.31. The maximum Gasteiger partial charge on any atom is 0.281 e. The monoisotopic (exact) mass is 349 g/mol. The van der Waals surface area contributed by atoms with E-state index >= 15 is 0 Å². The fraction of sp³-hybridized carbons (Fsp3) is 0.188. The SMILES string of the molecule is C/C(CC(=O)NCc1ccc(Cl)cc1)=N\NC(=O)c1cccs1. The summed E-state index contributed by atoms with van der Waals surface area (Å²) in [5.41, 5.74) is 3.93. The van der Waals surface area contributed by atoms with Gasteiger partial charge in [0.25, 0.3) is 5.91 Å². The Balaban J connectivity index is 1.76. The molecule has 1 aromatic heterocycles. The number of carbonyl (C=O) groups excluding carboxylic acids is 2. The van der Waals surface area contributed by atoms with Gasteiger partial charge in [-0.15, -0.1) is 11.3 Å². The van der Waals surface area contributed by atoms with Crippen molar-refractivity contribution in [1.82, 2.24) is 10.7 Å². The van der Waals surface area contributed by atoms with Crippen molar-refractivity contribution in [2.45, 2.75) is 19.9 Å². The van der Waals surface area contributed by atoms with Crippen LogP contribution < -0.4 is 10.7 Å². The van der Waals surface area contributed by atoms with Crippen LogP contribution in [0.2, 0.25) is 5.02 Å².